The Labute approximate surface area is 188 Å². The Hall–Kier alpha value is -3.28. The second-order valence-corrected chi connectivity index (χ2v) is 8.64. The van der Waals surface area contributed by atoms with Gasteiger partial charge in [0.1, 0.15) is 11.6 Å². The van der Waals surface area contributed by atoms with Crippen LogP contribution >= 0.6 is 0 Å². The third-order valence-electron chi connectivity index (χ3n) is 5.97. The molecule has 1 atom stereocenters. The van der Waals surface area contributed by atoms with E-state index in [1.807, 2.05) is 6.07 Å². The normalized spacial score (nSPS) is 16.2. The summed E-state index contributed by atoms with van der Waals surface area (Å²) in [5.74, 6) is 1.56. The number of hydrogen-bond acceptors (Lipinski definition) is 4. The molecule has 5 nitrogen and oxygen atoms in total. The van der Waals surface area contributed by atoms with Gasteiger partial charge in [-0.2, -0.15) is 0 Å². The zero-order valence-electron chi connectivity index (χ0n) is 18.6. The summed E-state index contributed by atoms with van der Waals surface area (Å²) in [6, 6.07) is 16.4. The van der Waals surface area contributed by atoms with Gasteiger partial charge in [0.2, 0.25) is 5.91 Å². The Balaban J connectivity index is 1.38. The second kappa shape index (κ2) is 9.90. The smallest absolute Gasteiger partial charge is 0.225 e. The summed E-state index contributed by atoms with van der Waals surface area (Å²) < 4.78 is 13.2. The van der Waals surface area contributed by atoms with E-state index >= 15 is 0 Å². The summed E-state index contributed by atoms with van der Waals surface area (Å²) in [5, 5.41) is 3.10. The summed E-state index contributed by atoms with van der Waals surface area (Å²) in [6.07, 6.45) is 3.51. The van der Waals surface area contributed by atoms with Crippen LogP contribution in [0.1, 0.15) is 43.7 Å². The molecule has 1 N–H and O–H groups in total. The fraction of sp³-hybridized carbons (Fsp3) is 0.346. The molecule has 3 aromatic rings. The van der Waals surface area contributed by atoms with E-state index in [1.54, 1.807) is 18.3 Å². The van der Waals surface area contributed by atoms with Crippen molar-refractivity contribution in [2.75, 3.05) is 18.0 Å². The van der Waals surface area contributed by atoms with Gasteiger partial charge >= 0.3 is 0 Å². The molecule has 0 bridgehead atoms. The van der Waals surface area contributed by atoms with Gasteiger partial charge < -0.3 is 10.2 Å². The van der Waals surface area contributed by atoms with Gasteiger partial charge in [-0.05, 0) is 60.2 Å². The van der Waals surface area contributed by atoms with Crippen molar-refractivity contribution in [2.45, 2.75) is 39.2 Å². The molecule has 0 saturated carbocycles. The van der Waals surface area contributed by atoms with Gasteiger partial charge in [-0.1, -0.05) is 38.1 Å². The highest BCUT2D eigenvalue weighted by Crippen LogP contribution is 2.24. The summed E-state index contributed by atoms with van der Waals surface area (Å²) in [6.45, 7) is 6.35. The number of nitrogens with zero attached hydrogens (tertiary/aromatic N) is 3. The van der Waals surface area contributed by atoms with Crippen LogP contribution in [0.4, 0.5) is 10.2 Å². The van der Waals surface area contributed by atoms with Crippen LogP contribution in [0.25, 0.3) is 11.4 Å². The quantitative estimate of drug-likeness (QED) is 0.600. The number of piperidine rings is 1. The minimum Gasteiger partial charge on any atom is -0.356 e. The van der Waals surface area contributed by atoms with Crippen LogP contribution in [0, 0.1) is 11.7 Å². The molecule has 1 amide bonds. The Morgan fingerprint density at radius 3 is 2.59 bits per heavy atom. The predicted octanol–water partition coefficient (Wildman–Crippen LogP) is 4.94. The highest BCUT2D eigenvalue weighted by Gasteiger charge is 2.26. The first-order valence-electron chi connectivity index (χ1n) is 11.2. The monoisotopic (exact) mass is 432 g/mol. The first-order chi connectivity index (χ1) is 15.5. The third-order valence-corrected chi connectivity index (χ3v) is 5.97. The lowest BCUT2D eigenvalue weighted by Crippen LogP contribution is -2.43. The highest BCUT2D eigenvalue weighted by molar-refractivity contribution is 5.79. The molecule has 1 aliphatic rings. The van der Waals surface area contributed by atoms with Gasteiger partial charge in [-0.3, -0.25) is 4.79 Å². The largest absolute Gasteiger partial charge is 0.356 e. The van der Waals surface area contributed by atoms with Crippen molar-refractivity contribution in [1.82, 2.24) is 15.3 Å². The molecule has 1 aliphatic heterocycles. The van der Waals surface area contributed by atoms with Gasteiger partial charge in [0.05, 0.1) is 5.92 Å². The van der Waals surface area contributed by atoms with E-state index in [4.69, 9.17) is 0 Å². The fourth-order valence-electron chi connectivity index (χ4n) is 4.02. The SMILES string of the molecule is CC(C)c1ccc(CNC(=O)[C@H]2CCCN(c3ccnc(-c4ccc(F)cc4)n3)C2)cc1. The van der Waals surface area contributed by atoms with Crippen LogP contribution in [0.15, 0.2) is 60.8 Å². The van der Waals surface area contributed by atoms with Gasteiger partial charge in [-0.25, -0.2) is 14.4 Å². The number of anilines is 1. The maximum atomic E-state index is 13.2. The molecule has 1 aromatic heterocycles. The molecule has 1 fully saturated rings. The van der Waals surface area contributed by atoms with Crippen LogP contribution in [0.5, 0.6) is 0 Å². The number of hydrogen-bond donors (Lipinski definition) is 1. The molecule has 4 rings (SSSR count). The van der Waals surface area contributed by atoms with Crippen LogP contribution in [0.3, 0.4) is 0 Å². The lowest BCUT2D eigenvalue weighted by atomic mass is 9.97. The number of nitrogens with one attached hydrogen (secondary N) is 1. The molecular formula is C26H29FN4O. The molecule has 0 spiro atoms. The van der Waals surface area contributed by atoms with Gasteiger partial charge in [0.25, 0.3) is 0 Å². The zero-order chi connectivity index (χ0) is 22.5. The zero-order valence-corrected chi connectivity index (χ0v) is 18.6. The molecule has 166 valence electrons. The van der Waals surface area contributed by atoms with Crippen molar-refractivity contribution >= 4 is 11.7 Å². The Morgan fingerprint density at radius 2 is 1.88 bits per heavy atom. The third kappa shape index (κ3) is 5.31. The predicted molar refractivity (Wildman–Crippen MR) is 125 cm³/mol. The van der Waals surface area contributed by atoms with Crippen molar-refractivity contribution in [2.24, 2.45) is 5.92 Å². The van der Waals surface area contributed by atoms with E-state index in [2.05, 4.69) is 58.3 Å². The van der Waals surface area contributed by atoms with E-state index in [1.165, 1.54) is 17.7 Å². The summed E-state index contributed by atoms with van der Waals surface area (Å²) >= 11 is 0. The molecule has 0 aliphatic carbocycles. The van der Waals surface area contributed by atoms with Gasteiger partial charge in [0.15, 0.2) is 5.82 Å². The van der Waals surface area contributed by atoms with Crippen LogP contribution in [-0.4, -0.2) is 29.0 Å². The highest BCUT2D eigenvalue weighted by atomic mass is 19.1. The van der Waals surface area contributed by atoms with Gasteiger partial charge in [0, 0.05) is 31.4 Å². The van der Waals surface area contributed by atoms with Gasteiger partial charge in [-0.15, -0.1) is 0 Å². The van der Waals surface area contributed by atoms with Crippen LogP contribution < -0.4 is 10.2 Å². The van der Waals surface area contributed by atoms with Crippen molar-refractivity contribution in [3.63, 3.8) is 0 Å². The number of benzene rings is 2. The molecule has 6 heteroatoms. The minimum absolute atomic E-state index is 0.0791. The van der Waals surface area contributed by atoms with Crippen molar-refractivity contribution in [3.8, 4) is 11.4 Å². The first-order valence-corrected chi connectivity index (χ1v) is 11.2. The molecule has 2 aromatic carbocycles. The molecule has 0 unspecified atom stereocenters. The number of halogens is 1. The van der Waals surface area contributed by atoms with Crippen LogP contribution in [-0.2, 0) is 11.3 Å². The Morgan fingerprint density at radius 1 is 1.12 bits per heavy atom. The standard InChI is InChI=1S/C26H29FN4O/c1-18(2)20-7-5-19(6-8-20)16-29-26(32)22-4-3-15-31(17-22)24-13-14-28-25(30-24)21-9-11-23(27)12-10-21/h5-14,18,22H,3-4,15-17H2,1-2H3,(H,29,32)/t22-/m0/s1. The fourth-order valence-corrected chi connectivity index (χ4v) is 4.02. The Bertz CT molecular complexity index is 1050. The maximum absolute atomic E-state index is 13.2. The number of aromatic nitrogens is 2. The molecule has 32 heavy (non-hydrogen) atoms. The van der Waals surface area contributed by atoms with Crippen molar-refractivity contribution in [1.29, 1.82) is 0 Å². The number of carbonyl (C=O) groups excluding carboxylic acids is 1. The van der Waals surface area contributed by atoms with E-state index < -0.39 is 0 Å². The molecule has 1 saturated heterocycles. The number of amides is 1. The van der Waals surface area contributed by atoms with E-state index in [9.17, 15) is 9.18 Å². The average molecular weight is 433 g/mol. The van der Waals surface area contributed by atoms with Crippen molar-refractivity contribution in [3.05, 3.63) is 77.7 Å². The summed E-state index contributed by atoms with van der Waals surface area (Å²) in [4.78, 5) is 24.0. The maximum Gasteiger partial charge on any atom is 0.225 e. The average Bonchev–Trinajstić information content (AvgIpc) is 2.83. The first kappa shape index (κ1) is 21.9. The molecule has 0 radical (unpaired) electrons. The minimum atomic E-state index is -0.286. The van der Waals surface area contributed by atoms with E-state index in [0.717, 1.165) is 36.3 Å². The number of carbonyl (C=O) groups is 1. The number of rotatable bonds is 6. The molecular weight excluding hydrogens is 403 g/mol. The summed E-state index contributed by atoms with van der Waals surface area (Å²) in [5.41, 5.74) is 3.17. The van der Waals surface area contributed by atoms with Crippen molar-refractivity contribution < 1.29 is 9.18 Å². The Kier molecular flexibility index (Phi) is 6.78. The van der Waals surface area contributed by atoms with Crippen LogP contribution in [0.2, 0.25) is 0 Å². The van der Waals surface area contributed by atoms with E-state index in [-0.39, 0.29) is 17.6 Å². The topological polar surface area (TPSA) is 58.1 Å². The lowest BCUT2D eigenvalue weighted by Gasteiger charge is -2.33. The second-order valence-electron chi connectivity index (χ2n) is 8.64. The molecule has 2 heterocycles. The summed E-state index contributed by atoms with van der Waals surface area (Å²) in [7, 11) is 0. The van der Waals surface area contributed by atoms with E-state index in [0.29, 0.717) is 24.8 Å². The lowest BCUT2D eigenvalue weighted by molar-refractivity contribution is -0.125.